The lowest BCUT2D eigenvalue weighted by molar-refractivity contribution is -0.385. The third-order valence-corrected chi connectivity index (χ3v) is 8.78. The van der Waals surface area contributed by atoms with E-state index in [0.717, 1.165) is 60.4 Å². The molecule has 8 nitrogen and oxygen atoms in total. The fourth-order valence-corrected chi connectivity index (χ4v) is 7.35. The molecule has 0 aliphatic heterocycles. The molecule has 0 spiro atoms. The van der Waals surface area contributed by atoms with E-state index >= 15 is 0 Å². The van der Waals surface area contributed by atoms with Crippen molar-refractivity contribution in [3.63, 3.8) is 0 Å². The summed E-state index contributed by atoms with van der Waals surface area (Å²) in [5.41, 5.74) is 6.27. The van der Waals surface area contributed by atoms with Crippen molar-refractivity contribution in [1.29, 1.82) is 0 Å². The SMILES string of the molecule is Cc1ccc(NS(=O)(=O)c2cc([N+](=O)[O-])ccc2NN=C2C3CC4CC(C3)CC2C4)c(C)c1. The van der Waals surface area contributed by atoms with E-state index in [1.165, 1.54) is 18.6 Å². The van der Waals surface area contributed by atoms with Gasteiger partial charge in [-0.15, -0.1) is 0 Å². The third kappa shape index (κ3) is 4.21. The van der Waals surface area contributed by atoms with E-state index in [9.17, 15) is 18.5 Å². The number of nitro benzene ring substituents is 1. The second-order valence-electron chi connectivity index (χ2n) is 9.81. The Kier molecular flexibility index (Phi) is 5.39. The van der Waals surface area contributed by atoms with Crippen molar-refractivity contribution >= 4 is 32.8 Å². The Morgan fingerprint density at radius 2 is 1.58 bits per heavy atom. The van der Waals surface area contributed by atoms with Gasteiger partial charge in [-0.25, -0.2) is 8.42 Å². The Hall–Kier alpha value is -2.94. The maximum atomic E-state index is 13.3. The smallest absolute Gasteiger partial charge is 0.270 e. The highest BCUT2D eigenvalue weighted by molar-refractivity contribution is 7.92. The van der Waals surface area contributed by atoms with Gasteiger partial charge >= 0.3 is 0 Å². The van der Waals surface area contributed by atoms with Crippen LogP contribution in [0.15, 0.2) is 46.4 Å². The monoisotopic (exact) mass is 468 g/mol. The molecule has 4 fully saturated rings. The van der Waals surface area contributed by atoms with Gasteiger partial charge in [0.1, 0.15) is 4.90 Å². The van der Waals surface area contributed by atoms with Crippen molar-refractivity contribution in [1.82, 2.24) is 0 Å². The first-order chi connectivity index (χ1) is 15.7. The van der Waals surface area contributed by atoms with Gasteiger partial charge in [0.15, 0.2) is 0 Å². The molecule has 4 aliphatic rings. The lowest BCUT2D eigenvalue weighted by Crippen LogP contribution is -2.45. The largest absolute Gasteiger partial charge is 0.279 e. The van der Waals surface area contributed by atoms with Crippen molar-refractivity contribution in [3.8, 4) is 0 Å². The number of sulfonamides is 1. The summed E-state index contributed by atoms with van der Waals surface area (Å²) < 4.78 is 29.2. The lowest BCUT2D eigenvalue weighted by Gasteiger charge is -2.50. The Bertz CT molecular complexity index is 1230. The van der Waals surface area contributed by atoms with E-state index in [1.54, 1.807) is 6.07 Å². The second-order valence-corrected chi connectivity index (χ2v) is 11.5. The molecule has 9 heteroatoms. The van der Waals surface area contributed by atoms with Crippen LogP contribution in [0.4, 0.5) is 17.1 Å². The molecular formula is C24H28N4O4S. The first kappa shape index (κ1) is 21.9. The quantitative estimate of drug-likeness (QED) is 0.445. The molecule has 2 N–H and O–H groups in total. The van der Waals surface area contributed by atoms with Crippen molar-refractivity contribution in [3.05, 3.63) is 57.6 Å². The predicted molar refractivity (Wildman–Crippen MR) is 128 cm³/mol. The van der Waals surface area contributed by atoms with E-state index < -0.39 is 14.9 Å². The number of hydrogen-bond donors (Lipinski definition) is 2. The number of nitrogens with one attached hydrogen (secondary N) is 2. The van der Waals surface area contributed by atoms with Crippen LogP contribution in [0, 0.1) is 47.6 Å². The van der Waals surface area contributed by atoms with Crippen LogP contribution >= 0.6 is 0 Å². The summed E-state index contributed by atoms with van der Waals surface area (Å²) in [6, 6.07) is 9.20. The predicted octanol–water partition coefficient (Wildman–Crippen LogP) is 5.24. The number of aryl methyl sites for hydroxylation is 2. The lowest BCUT2D eigenvalue weighted by atomic mass is 9.55. The van der Waals surface area contributed by atoms with Gasteiger partial charge in [-0.05, 0) is 87.3 Å². The van der Waals surface area contributed by atoms with Gasteiger partial charge in [-0.1, -0.05) is 17.7 Å². The number of hydrazone groups is 1. The van der Waals surface area contributed by atoms with E-state index in [2.05, 4.69) is 15.2 Å². The summed E-state index contributed by atoms with van der Waals surface area (Å²) in [4.78, 5) is 10.6. The molecule has 0 unspecified atom stereocenters. The normalized spacial score (nSPS) is 25.7. The third-order valence-electron chi connectivity index (χ3n) is 7.37. The van der Waals surface area contributed by atoms with Gasteiger partial charge in [-0.3, -0.25) is 20.3 Å². The number of nitro groups is 1. The molecule has 4 aliphatic carbocycles. The van der Waals surface area contributed by atoms with Gasteiger partial charge in [0.2, 0.25) is 0 Å². The minimum absolute atomic E-state index is 0.190. The van der Waals surface area contributed by atoms with Crippen molar-refractivity contribution in [2.45, 2.75) is 50.8 Å². The fraction of sp³-hybridized carbons (Fsp3) is 0.458. The number of anilines is 2. The van der Waals surface area contributed by atoms with Gasteiger partial charge in [0.05, 0.1) is 16.3 Å². The molecule has 0 radical (unpaired) electrons. The molecule has 2 aromatic rings. The summed E-state index contributed by atoms with van der Waals surface area (Å²) in [6.45, 7) is 3.74. The van der Waals surface area contributed by atoms with Crippen LogP contribution in [0.25, 0.3) is 0 Å². The van der Waals surface area contributed by atoms with Crippen LogP contribution in [0.3, 0.4) is 0 Å². The number of nitrogens with zero attached hydrogens (tertiary/aromatic N) is 2. The average Bonchev–Trinajstić information content (AvgIpc) is 2.74. The average molecular weight is 469 g/mol. The van der Waals surface area contributed by atoms with Gasteiger partial charge in [0.25, 0.3) is 15.7 Å². The van der Waals surface area contributed by atoms with Crippen LogP contribution < -0.4 is 10.1 Å². The van der Waals surface area contributed by atoms with E-state index in [0.29, 0.717) is 17.5 Å². The van der Waals surface area contributed by atoms with Crippen LogP contribution in [-0.4, -0.2) is 19.1 Å². The maximum Gasteiger partial charge on any atom is 0.270 e. The molecule has 0 atom stereocenters. The van der Waals surface area contributed by atoms with Crippen LogP contribution in [0.1, 0.15) is 43.2 Å². The van der Waals surface area contributed by atoms with E-state index in [-0.39, 0.29) is 16.3 Å². The van der Waals surface area contributed by atoms with Crippen LogP contribution in [0.5, 0.6) is 0 Å². The topological polar surface area (TPSA) is 114 Å². The molecule has 0 aromatic heterocycles. The summed E-state index contributed by atoms with van der Waals surface area (Å²) in [5.74, 6) is 2.51. The van der Waals surface area contributed by atoms with Gasteiger partial charge in [0, 0.05) is 17.8 Å². The van der Waals surface area contributed by atoms with E-state index in [4.69, 9.17) is 0 Å². The van der Waals surface area contributed by atoms with Gasteiger partial charge in [-0.2, -0.15) is 5.10 Å². The fourth-order valence-electron chi connectivity index (χ4n) is 6.04. The highest BCUT2D eigenvalue weighted by Gasteiger charge is 2.46. The second kappa shape index (κ2) is 8.13. The number of hydrogen-bond acceptors (Lipinski definition) is 6. The Morgan fingerprint density at radius 3 is 2.18 bits per heavy atom. The number of benzene rings is 2. The molecule has 33 heavy (non-hydrogen) atoms. The van der Waals surface area contributed by atoms with Crippen molar-refractivity contribution < 1.29 is 13.3 Å². The molecule has 174 valence electrons. The first-order valence-corrected chi connectivity index (χ1v) is 12.9. The molecule has 0 heterocycles. The minimum Gasteiger partial charge on any atom is -0.279 e. The van der Waals surface area contributed by atoms with Crippen LogP contribution in [-0.2, 0) is 10.0 Å². The molecular weight excluding hydrogens is 440 g/mol. The molecule has 4 bridgehead atoms. The summed E-state index contributed by atoms with van der Waals surface area (Å²) in [7, 11) is -4.09. The maximum absolute atomic E-state index is 13.3. The van der Waals surface area contributed by atoms with Crippen LogP contribution in [0.2, 0.25) is 0 Å². The zero-order chi connectivity index (χ0) is 23.3. The molecule has 0 amide bonds. The highest BCUT2D eigenvalue weighted by Crippen LogP contribution is 2.52. The molecule has 0 saturated heterocycles. The molecule has 6 rings (SSSR count). The number of non-ortho nitro benzene ring substituents is 1. The summed E-state index contributed by atoms with van der Waals surface area (Å²) in [6.07, 6.45) is 5.98. The van der Waals surface area contributed by atoms with Gasteiger partial charge < -0.3 is 0 Å². The Morgan fingerprint density at radius 1 is 0.939 bits per heavy atom. The standard InChI is InChI=1S/C24H28N4O4S/c1-14-3-5-21(15(2)7-14)27-33(31,32)23-13-20(28(29)30)4-6-22(23)25-26-24-18-9-16-8-17(11-18)12-19(24)10-16/h3-7,13,16-19,25,27H,8-12H2,1-2H3. The summed E-state index contributed by atoms with van der Waals surface area (Å²) >= 11 is 0. The molecule has 4 saturated carbocycles. The summed E-state index contributed by atoms with van der Waals surface area (Å²) in [5, 5.41) is 16.0. The number of rotatable bonds is 6. The zero-order valence-electron chi connectivity index (χ0n) is 18.7. The van der Waals surface area contributed by atoms with E-state index in [1.807, 2.05) is 26.0 Å². The molecule has 2 aromatic carbocycles. The minimum atomic E-state index is -4.09. The Balaban J connectivity index is 1.47. The van der Waals surface area contributed by atoms with Crippen molar-refractivity contribution in [2.75, 3.05) is 10.1 Å². The Labute approximate surface area is 193 Å². The zero-order valence-corrected chi connectivity index (χ0v) is 19.6. The van der Waals surface area contributed by atoms with Crippen molar-refractivity contribution in [2.24, 2.45) is 28.8 Å². The first-order valence-electron chi connectivity index (χ1n) is 11.4. The highest BCUT2D eigenvalue weighted by atomic mass is 32.2.